The van der Waals surface area contributed by atoms with Crippen LogP contribution in [0.15, 0.2) is 12.1 Å². The van der Waals surface area contributed by atoms with Gasteiger partial charge in [0.1, 0.15) is 0 Å². The van der Waals surface area contributed by atoms with E-state index in [4.69, 9.17) is 0 Å². The number of carbonyl (C=O) groups is 1. The number of alkyl halides is 3. The summed E-state index contributed by atoms with van der Waals surface area (Å²) < 4.78 is 51.1. The number of rotatable bonds is 4. The molecule has 0 aliphatic carbocycles. The van der Waals surface area contributed by atoms with E-state index in [1.54, 1.807) is 0 Å². The van der Waals surface area contributed by atoms with Gasteiger partial charge < -0.3 is 18.7 Å². The zero-order valence-corrected chi connectivity index (χ0v) is 12.1. The van der Waals surface area contributed by atoms with Gasteiger partial charge in [0.2, 0.25) is 5.57 Å². The van der Waals surface area contributed by atoms with Crippen LogP contribution in [-0.4, -0.2) is 55.6 Å². The van der Waals surface area contributed by atoms with Gasteiger partial charge in [0.25, 0.3) is 0 Å². The van der Waals surface area contributed by atoms with Crippen LogP contribution in [0.4, 0.5) is 17.5 Å². The van der Waals surface area contributed by atoms with Gasteiger partial charge in [-0.05, 0) is 26.8 Å². The van der Waals surface area contributed by atoms with Crippen molar-refractivity contribution >= 4 is 13.0 Å². The molecule has 1 unspecified atom stereocenters. The molecule has 0 radical (unpaired) electrons. The summed E-state index contributed by atoms with van der Waals surface area (Å²) in [5.74, 6) is -6.92. The molecule has 1 aliphatic heterocycles. The standard InChI is InChI=1S/C7H18N.C5H3BF4O2/c1-5-8(4,6-2)7-3;7-4(8)1-2-6(10)5(4,9)3(11)12/h5-7H2,1-4H3;1-2H,(H,11,12)/q+1;/p-1. The van der Waals surface area contributed by atoms with Gasteiger partial charge in [-0.2, -0.15) is 8.78 Å². The molecule has 0 amide bonds. The van der Waals surface area contributed by atoms with Crippen LogP contribution in [-0.2, 0) is 4.79 Å². The maximum atomic E-state index is 12.8. The smallest absolute Gasteiger partial charge is 0.425 e. The highest BCUT2D eigenvalue weighted by Crippen LogP contribution is 2.41. The van der Waals surface area contributed by atoms with Crippen LogP contribution in [0.5, 0.6) is 0 Å². The number of carboxylic acids is 1. The molecule has 0 spiro atoms. The van der Waals surface area contributed by atoms with Crippen LogP contribution in [0.25, 0.3) is 0 Å². The van der Waals surface area contributed by atoms with Gasteiger partial charge in [0, 0.05) is 0 Å². The van der Waals surface area contributed by atoms with Crippen molar-refractivity contribution in [1.82, 2.24) is 0 Å². The maximum Gasteiger partial charge on any atom is 0.425 e. The molecule has 1 rings (SSSR count). The highest BCUT2D eigenvalue weighted by molar-refractivity contribution is 6.66. The molecule has 1 heterocycles. The predicted octanol–water partition coefficient (Wildman–Crippen LogP) is 1.18. The second kappa shape index (κ2) is 6.60. The molecule has 1 aliphatic rings. The molecule has 0 bridgehead atoms. The Morgan fingerprint density at radius 1 is 1.20 bits per heavy atom. The number of quaternary nitrogens is 1. The molecular formula is C12H20BF4NO2. The zero-order valence-electron chi connectivity index (χ0n) is 12.1. The van der Waals surface area contributed by atoms with E-state index >= 15 is 0 Å². The normalized spacial score (nSPS) is 24.3. The third-order valence-corrected chi connectivity index (χ3v) is 3.93. The van der Waals surface area contributed by atoms with Crippen molar-refractivity contribution in [2.75, 3.05) is 26.7 Å². The fourth-order valence-electron chi connectivity index (χ4n) is 1.56. The van der Waals surface area contributed by atoms with Gasteiger partial charge in [-0.3, -0.25) is 0 Å². The Balaban J connectivity index is 0.000000396. The van der Waals surface area contributed by atoms with Gasteiger partial charge in [0.05, 0.1) is 32.7 Å². The SMILES string of the molecule is CC[N+](C)(CC)CC.O=C([O-])C1(F)B(F)C=CC1(F)F. The van der Waals surface area contributed by atoms with Gasteiger partial charge >= 0.3 is 12.9 Å². The van der Waals surface area contributed by atoms with Crippen molar-refractivity contribution < 1.29 is 31.9 Å². The number of hydrogen-bond acceptors (Lipinski definition) is 2. The van der Waals surface area contributed by atoms with Crippen molar-refractivity contribution in [2.45, 2.75) is 32.3 Å². The van der Waals surface area contributed by atoms with Crippen molar-refractivity contribution in [3.05, 3.63) is 12.1 Å². The Labute approximate surface area is 117 Å². The van der Waals surface area contributed by atoms with E-state index in [2.05, 4.69) is 27.8 Å². The van der Waals surface area contributed by atoms with Crippen molar-refractivity contribution in [2.24, 2.45) is 0 Å². The Morgan fingerprint density at radius 3 is 1.70 bits per heavy atom. The minimum Gasteiger partial charge on any atom is -0.547 e. The van der Waals surface area contributed by atoms with Gasteiger partial charge in [0.15, 0.2) is 0 Å². The van der Waals surface area contributed by atoms with Crippen molar-refractivity contribution in [1.29, 1.82) is 0 Å². The summed E-state index contributed by atoms with van der Waals surface area (Å²) in [5.41, 5.74) is -4.26. The molecule has 0 aromatic rings. The number of aliphatic carboxylic acids is 1. The summed E-state index contributed by atoms with van der Waals surface area (Å²) in [7, 11) is 2.29. The number of carboxylic acid groups (broad SMARTS) is 1. The van der Waals surface area contributed by atoms with Gasteiger partial charge in [-0.25, -0.2) is 4.39 Å². The lowest BCUT2D eigenvalue weighted by Gasteiger charge is -2.30. The third-order valence-electron chi connectivity index (χ3n) is 3.93. The van der Waals surface area contributed by atoms with E-state index in [0.29, 0.717) is 0 Å². The van der Waals surface area contributed by atoms with E-state index in [1.807, 2.05) is 0 Å². The van der Waals surface area contributed by atoms with Crippen LogP contribution < -0.4 is 5.11 Å². The summed E-state index contributed by atoms with van der Waals surface area (Å²) in [4.78, 5) is 9.90. The molecule has 0 aromatic carbocycles. The van der Waals surface area contributed by atoms with E-state index in [0.717, 1.165) is 0 Å². The number of nitrogens with zero attached hydrogens (tertiary/aromatic N) is 1. The van der Waals surface area contributed by atoms with Gasteiger partial charge in [-0.1, -0.05) is 5.98 Å². The first-order valence-electron chi connectivity index (χ1n) is 6.45. The van der Waals surface area contributed by atoms with Crippen LogP contribution in [0, 0.1) is 0 Å². The van der Waals surface area contributed by atoms with Crippen LogP contribution in [0.2, 0.25) is 0 Å². The number of allylic oxidation sites excluding steroid dienone is 1. The average Bonchev–Trinajstić information content (AvgIpc) is 2.63. The number of halogens is 4. The largest absolute Gasteiger partial charge is 0.547 e. The van der Waals surface area contributed by atoms with Crippen LogP contribution in [0.1, 0.15) is 20.8 Å². The second-order valence-corrected chi connectivity index (χ2v) is 4.95. The zero-order chi connectivity index (χ0) is 16.2. The second-order valence-electron chi connectivity index (χ2n) is 4.95. The fourth-order valence-corrected chi connectivity index (χ4v) is 1.56. The highest BCUT2D eigenvalue weighted by atomic mass is 19.3. The molecule has 0 saturated heterocycles. The third kappa shape index (κ3) is 3.53. The molecule has 3 nitrogen and oxygen atoms in total. The topological polar surface area (TPSA) is 40.1 Å². The van der Waals surface area contributed by atoms with Crippen molar-refractivity contribution in [3.8, 4) is 0 Å². The average molecular weight is 297 g/mol. The molecule has 0 aromatic heterocycles. The Hall–Kier alpha value is -1.05. The molecule has 1 atom stereocenters. The van der Waals surface area contributed by atoms with E-state index in [1.165, 1.54) is 24.1 Å². The Kier molecular flexibility index (Phi) is 6.26. The number of hydrogen-bond donors (Lipinski definition) is 0. The first-order chi connectivity index (χ1) is 9.00. The summed E-state index contributed by atoms with van der Waals surface area (Å²) in [6, 6.07) is 0. The summed E-state index contributed by atoms with van der Waals surface area (Å²) in [5, 5.41) is 9.90. The molecule has 8 heteroatoms. The Morgan fingerprint density at radius 2 is 1.60 bits per heavy atom. The highest BCUT2D eigenvalue weighted by Gasteiger charge is 2.65. The van der Waals surface area contributed by atoms with E-state index in [9.17, 15) is 27.4 Å². The lowest BCUT2D eigenvalue weighted by molar-refractivity contribution is -0.904. The van der Waals surface area contributed by atoms with Crippen molar-refractivity contribution in [3.63, 3.8) is 0 Å². The van der Waals surface area contributed by atoms with E-state index in [-0.39, 0.29) is 12.1 Å². The minimum atomic E-state index is -4.34. The molecule has 20 heavy (non-hydrogen) atoms. The van der Waals surface area contributed by atoms with Crippen LogP contribution >= 0.6 is 0 Å². The fraction of sp³-hybridized carbons (Fsp3) is 0.750. The summed E-state index contributed by atoms with van der Waals surface area (Å²) in [6.07, 6.45) is -0.118. The molecular weight excluding hydrogens is 277 g/mol. The minimum absolute atomic E-state index is 0.118. The lowest BCUT2D eigenvalue weighted by atomic mass is 9.59. The Bertz CT molecular complexity index is 366. The summed E-state index contributed by atoms with van der Waals surface area (Å²) >= 11 is 0. The van der Waals surface area contributed by atoms with Gasteiger partial charge in [-0.15, -0.1) is 0 Å². The van der Waals surface area contributed by atoms with Crippen LogP contribution in [0.3, 0.4) is 0 Å². The van der Waals surface area contributed by atoms with E-state index < -0.39 is 24.4 Å². The molecule has 0 fully saturated rings. The first-order valence-corrected chi connectivity index (χ1v) is 6.45. The molecule has 116 valence electrons. The quantitative estimate of drug-likeness (QED) is 0.444. The number of carbonyl (C=O) groups excluding carboxylic acids is 1. The monoisotopic (exact) mass is 297 g/mol. The predicted molar refractivity (Wildman–Crippen MR) is 67.6 cm³/mol. The first kappa shape index (κ1) is 19.0. The summed E-state index contributed by atoms with van der Waals surface area (Å²) in [6.45, 7) is 7.64. The maximum absolute atomic E-state index is 12.8. The lowest BCUT2D eigenvalue weighted by Crippen LogP contribution is -2.60. The molecule has 0 saturated carbocycles. The molecule has 0 N–H and O–H groups in total.